The van der Waals surface area contributed by atoms with Crippen LogP contribution in [0.5, 0.6) is 0 Å². The molecule has 0 saturated heterocycles. The molecule has 0 aromatic carbocycles. The van der Waals surface area contributed by atoms with Gasteiger partial charge in [-0.3, -0.25) is 4.79 Å². The van der Waals surface area contributed by atoms with E-state index in [0.29, 0.717) is 34.2 Å². The van der Waals surface area contributed by atoms with Crippen LogP contribution in [0.25, 0.3) is 10.8 Å². The number of carbonyl (C=O) groups excluding carboxylic acids is 1. The summed E-state index contributed by atoms with van der Waals surface area (Å²) in [5, 5.41) is 8.87. The molecule has 1 aliphatic rings. The molecule has 116 valence electrons. The molecule has 0 atom stereocenters. The minimum Gasteiger partial charge on any atom is -0.343 e. The standard InChI is InChI=1S/C14H12N6O2S/c21-12(17-6-10-19-13(22-20-10)8-2-3-8)9-7-23-14(18-9)11-15-4-1-5-16-11/h1,4-5,7-8H,2-3,6H2,(H,17,21). The van der Waals surface area contributed by atoms with E-state index in [1.807, 2.05) is 0 Å². The molecule has 1 amide bonds. The Labute approximate surface area is 135 Å². The van der Waals surface area contributed by atoms with Crippen LogP contribution in [0.1, 0.15) is 41.0 Å². The summed E-state index contributed by atoms with van der Waals surface area (Å²) >= 11 is 1.32. The van der Waals surface area contributed by atoms with Crippen LogP contribution in [0.4, 0.5) is 0 Å². The number of nitrogens with zero attached hydrogens (tertiary/aromatic N) is 5. The zero-order chi connectivity index (χ0) is 15.6. The van der Waals surface area contributed by atoms with Gasteiger partial charge in [0.1, 0.15) is 5.69 Å². The number of rotatable bonds is 5. The van der Waals surface area contributed by atoms with Gasteiger partial charge in [0.2, 0.25) is 5.89 Å². The van der Waals surface area contributed by atoms with Crippen LogP contribution in [-0.2, 0) is 6.54 Å². The van der Waals surface area contributed by atoms with E-state index in [0.717, 1.165) is 12.8 Å². The highest BCUT2D eigenvalue weighted by molar-refractivity contribution is 7.13. The second-order valence-corrected chi connectivity index (χ2v) is 5.97. The molecule has 0 unspecified atom stereocenters. The Morgan fingerprint density at radius 1 is 1.30 bits per heavy atom. The fourth-order valence-corrected chi connectivity index (χ4v) is 2.72. The van der Waals surface area contributed by atoms with E-state index in [1.54, 1.807) is 23.8 Å². The first-order valence-corrected chi connectivity index (χ1v) is 8.01. The molecule has 1 N–H and O–H groups in total. The van der Waals surface area contributed by atoms with E-state index in [-0.39, 0.29) is 12.5 Å². The van der Waals surface area contributed by atoms with E-state index >= 15 is 0 Å². The topological polar surface area (TPSA) is 107 Å². The monoisotopic (exact) mass is 328 g/mol. The lowest BCUT2D eigenvalue weighted by Crippen LogP contribution is -2.23. The summed E-state index contributed by atoms with van der Waals surface area (Å²) in [6.07, 6.45) is 5.46. The van der Waals surface area contributed by atoms with E-state index in [4.69, 9.17) is 4.52 Å². The first-order chi connectivity index (χ1) is 11.3. The van der Waals surface area contributed by atoms with Crippen LogP contribution < -0.4 is 5.32 Å². The Kier molecular flexibility index (Phi) is 3.54. The average molecular weight is 328 g/mol. The zero-order valence-electron chi connectivity index (χ0n) is 12.0. The molecule has 9 heteroatoms. The Hall–Kier alpha value is -2.68. The number of thiazole rings is 1. The highest BCUT2D eigenvalue weighted by Crippen LogP contribution is 2.38. The molecule has 3 aromatic rings. The highest BCUT2D eigenvalue weighted by Gasteiger charge is 2.29. The third kappa shape index (κ3) is 3.09. The maximum Gasteiger partial charge on any atom is 0.271 e. The fourth-order valence-electron chi connectivity index (χ4n) is 1.98. The summed E-state index contributed by atoms with van der Waals surface area (Å²) in [4.78, 5) is 28.9. The molecule has 3 aromatic heterocycles. The summed E-state index contributed by atoms with van der Waals surface area (Å²) < 4.78 is 5.15. The lowest BCUT2D eigenvalue weighted by atomic mass is 10.4. The van der Waals surface area contributed by atoms with Gasteiger partial charge in [-0.1, -0.05) is 5.16 Å². The van der Waals surface area contributed by atoms with Crippen molar-refractivity contribution in [1.82, 2.24) is 30.4 Å². The van der Waals surface area contributed by atoms with Gasteiger partial charge in [0.05, 0.1) is 6.54 Å². The first kappa shape index (κ1) is 13.9. The Bertz CT molecular complexity index is 827. The molecule has 0 bridgehead atoms. The number of nitrogens with one attached hydrogen (secondary N) is 1. The van der Waals surface area contributed by atoms with Crippen LogP contribution in [0.3, 0.4) is 0 Å². The largest absolute Gasteiger partial charge is 0.343 e. The summed E-state index contributed by atoms with van der Waals surface area (Å²) in [6.45, 7) is 0.212. The number of aromatic nitrogens is 5. The van der Waals surface area contributed by atoms with Crippen LogP contribution >= 0.6 is 11.3 Å². The van der Waals surface area contributed by atoms with Gasteiger partial charge < -0.3 is 9.84 Å². The predicted molar refractivity (Wildman–Crippen MR) is 80.6 cm³/mol. The molecule has 23 heavy (non-hydrogen) atoms. The third-order valence-corrected chi connectivity index (χ3v) is 4.15. The molecule has 0 aliphatic heterocycles. The van der Waals surface area contributed by atoms with Gasteiger partial charge in [-0.2, -0.15) is 4.98 Å². The van der Waals surface area contributed by atoms with Crippen molar-refractivity contribution < 1.29 is 9.32 Å². The SMILES string of the molecule is O=C(NCc1noc(C2CC2)n1)c1csc(-c2ncccn2)n1. The molecule has 1 saturated carbocycles. The second kappa shape index (κ2) is 5.84. The Balaban J connectivity index is 1.39. The summed E-state index contributed by atoms with van der Waals surface area (Å²) in [6, 6.07) is 1.73. The van der Waals surface area contributed by atoms with E-state index < -0.39 is 0 Å². The lowest BCUT2D eigenvalue weighted by molar-refractivity contribution is 0.0945. The molecule has 1 fully saturated rings. The Morgan fingerprint density at radius 2 is 2.13 bits per heavy atom. The number of amides is 1. The van der Waals surface area contributed by atoms with E-state index in [1.165, 1.54) is 11.3 Å². The van der Waals surface area contributed by atoms with Crippen molar-refractivity contribution in [2.24, 2.45) is 0 Å². The van der Waals surface area contributed by atoms with E-state index in [9.17, 15) is 4.79 Å². The molecule has 4 rings (SSSR count). The molecule has 1 aliphatic carbocycles. The van der Waals surface area contributed by atoms with Crippen molar-refractivity contribution in [1.29, 1.82) is 0 Å². The molecule has 0 spiro atoms. The minimum atomic E-state index is -0.291. The molecule has 8 nitrogen and oxygen atoms in total. The van der Waals surface area contributed by atoms with Crippen molar-refractivity contribution in [2.75, 3.05) is 0 Å². The van der Waals surface area contributed by atoms with Crippen molar-refractivity contribution in [3.63, 3.8) is 0 Å². The van der Waals surface area contributed by atoms with Gasteiger partial charge >= 0.3 is 0 Å². The van der Waals surface area contributed by atoms with Gasteiger partial charge in [0.15, 0.2) is 16.7 Å². The van der Waals surface area contributed by atoms with Crippen LogP contribution in [0.2, 0.25) is 0 Å². The number of hydrogen-bond donors (Lipinski definition) is 1. The normalized spacial score (nSPS) is 13.9. The van der Waals surface area contributed by atoms with Crippen molar-refractivity contribution in [3.05, 3.63) is 41.2 Å². The third-order valence-electron chi connectivity index (χ3n) is 3.31. The Morgan fingerprint density at radius 3 is 2.91 bits per heavy atom. The summed E-state index contributed by atoms with van der Waals surface area (Å²) in [5.74, 6) is 1.75. The maximum absolute atomic E-state index is 12.1. The molecular formula is C14H12N6O2S. The quantitative estimate of drug-likeness (QED) is 0.761. The first-order valence-electron chi connectivity index (χ1n) is 7.13. The fraction of sp³-hybridized carbons (Fsp3) is 0.286. The lowest BCUT2D eigenvalue weighted by Gasteiger charge is -1.98. The molecular weight excluding hydrogens is 316 g/mol. The van der Waals surface area contributed by atoms with Gasteiger partial charge in [-0.25, -0.2) is 15.0 Å². The summed E-state index contributed by atoms with van der Waals surface area (Å²) in [5.41, 5.74) is 0.323. The number of carbonyl (C=O) groups is 1. The van der Waals surface area contributed by atoms with Crippen LogP contribution in [-0.4, -0.2) is 31.0 Å². The van der Waals surface area contributed by atoms with Gasteiger partial charge in [0, 0.05) is 23.7 Å². The van der Waals surface area contributed by atoms with Gasteiger partial charge in [-0.15, -0.1) is 11.3 Å². The van der Waals surface area contributed by atoms with Crippen molar-refractivity contribution in [2.45, 2.75) is 25.3 Å². The van der Waals surface area contributed by atoms with Crippen molar-refractivity contribution in [3.8, 4) is 10.8 Å². The second-order valence-electron chi connectivity index (χ2n) is 5.12. The number of hydrogen-bond acceptors (Lipinski definition) is 8. The molecule has 0 radical (unpaired) electrons. The highest BCUT2D eigenvalue weighted by atomic mass is 32.1. The zero-order valence-corrected chi connectivity index (χ0v) is 12.8. The van der Waals surface area contributed by atoms with E-state index in [2.05, 4.69) is 30.4 Å². The molecule has 3 heterocycles. The summed E-state index contributed by atoms with van der Waals surface area (Å²) in [7, 11) is 0. The van der Waals surface area contributed by atoms with Crippen LogP contribution in [0, 0.1) is 0 Å². The average Bonchev–Trinajstić information content (AvgIpc) is 3.14. The van der Waals surface area contributed by atoms with Gasteiger partial charge in [-0.05, 0) is 18.9 Å². The van der Waals surface area contributed by atoms with Crippen molar-refractivity contribution >= 4 is 17.2 Å². The maximum atomic E-state index is 12.1. The smallest absolute Gasteiger partial charge is 0.271 e. The predicted octanol–water partition coefficient (Wildman–Crippen LogP) is 1.79. The van der Waals surface area contributed by atoms with Crippen LogP contribution in [0.15, 0.2) is 28.4 Å². The minimum absolute atomic E-state index is 0.212. The van der Waals surface area contributed by atoms with Gasteiger partial charge in [0.25, 0.3) is 5.91 Å².